The van der Waals surface area contributed by atoms with Crippen LogP contribution in [0.1, 0.15) is 32.8 Å². The molecule has 0 fully saturated rings. The van der Waals surface area contributed by atoms with Crippen LogP contribution < -0.4 is 14.8 Å². The molecule has 1 amide bonds. The molecule has 0 aliphatic heterocycles. The number of sulfonamides is 1. The maximum atomic E-state index is 12.4. The zero-order chi connectivity index (χ0) is 23.1. The molecular formula is C22H28N2O6S. The van der Waals surface area contributed by atoms with Crippen molar-refractivity contribution in [3.8, 4) is 5.75 Å². The van der Waals surface area contributed by atoms with E-state index in [0.29, 0.717) is 11.4 Å². The molecule has 168 valence electrons. The largest absolute Gasteiger partial charge is 0.482 e. The summed E-state index contributed by atoms with van der Waals surface area (Å²) in [5.74, 6) is -0.382. The number of carbonyl (C=O) groups excluding carboxylic acids is 2. The number of carbonyl (C=O) groups is 2. The third kappa shape index (κ3) is 7.69. The fourth-order valence-electron chi connectivity index (χ4n) is 2.58. The van der Waals surface area contributed by atoms with Gasteiger partial charge < -0.3 is 14.8 Å². The molecule has 0 radical (unpaired) electrons. The zero-order valence-corrected chi connectivity index (χ0v) is 18.9. The summed E-state index contributed by atoms with van der Waals surface area (Å²) in [7, 11) is -2.43. The Morgan fingerprint density at radius 1 is 0.968 bits per heavy atom. The van der Waals surface area contributed by atoms with Crippen LogP contribution in [0.3, 0.4) is 0 Å². The van der Waals surface area contributed by atoms with Crippen LogP contribution in [-0.4, -0.2) is 40.6 Å². The average molecular weight is 449 g/mol. The lowest BCUT2D eigenvalue weighted by Gasteiger charge is -2.19. The van der Waals surface area contributed by atoms with Crippen LogP contribution in [0.4, 0.5) is 5.69 Å². The number of anilines is 1. The predicted molar refractivity (Wildman–Crippen MR) is 118 cm³/mol. The minimum atomic E-state index is -3.70. The number of ether oxygens (including phenoxy) is 2. The van der Waals surface area contributed by atoms with Crippen LogP contribution in [0.15, 0.2) is 53.4 Å². The number of nitrogens with one attached hydrogen (secondary N) is 2. The standard InChI is InChI=1S/C22H28N2O6S/c1-22(2,3)16-5-11-19(12-6-16)31(27,28)23-14-13-20(25)24-17-7-9-18(10-8-17)30-15-21(26)29-4/h5-12,23H,13-15H2,1-4H3,(H,24,25). The fraction of sp³-hybridized carbons (Fsp3) is 0.364. The van der Waals surface area contributed by atoms with Gasteiger partial charge in [0.05, 0.1) is 12.0 Å². The van der Waals surface area contributed by atoms with Crippen molar-refractivity contribution in [2.75, 3.05) is 25.6 Å². The SMILES string of the molecule is COC(=O)COc1ccc(NC(=O)CCNS(=O)(=O)c2ccc(C(C)(C)C)cc2)cc1. The Kier molecular flexibility index (Phi) is 8.18. The third-order valence-electron chi connectivity index (χ3n) is 4.40. The minimum Gasteiger partial charge on any atom is -0.482 e. The smallest absolute Gasteiger partial charge is 0.343 e. The van der Waals surface area contributed by atoms with Crippen molar-refractivity contribution in [1.82, 2.24) is 4.72 Å². The third-order valence-corrected chi connectivity index (χ3v) is 5.87. The first-order valence-electron chi connectivity index (χ1n) is 9.71. The maximum absolute atomic E-state index is 12.4. The first-order chi connectivity index (χ1) is 14.5. The van der Waals surface area contributed by atoms with Crippen molar-refractivity contribution in [3.63, 3.8) is 0 Å². The fourth-order valence-corrected chi connectivity index (χ4v) is 3.61. The Hall–Kier alpha value is -2.91. The minimum absolute atomic E-state index is 0.0279. The van der Waals surface area contributed by atoms with Gasteiger partial charge in [-0.25, -0.2) is 17.9 Å². The van der Waals surface area contributed by atoms with Gasteiger partial charge in [0.2, 0.25) is 15.9 Å². The van der Waals surface area contributed by atoms with Crippen molar-refractivity contribution in [1.29, 1.82) is 0 Å². The van der Waals surface area contributed by atoms with E-state index < -0.39 is 16.0 Å². The first-order valence-corrected chi connectivity index (χ1v) is 11.2. The van der Waals surface area contributed by atoms with Crippen molar-refractivity contribution in [2.24, 2.45) is 0 Å². The quantitative estimate of drug-likeness (QED) is 0.571. The van der Waals surface area contributed by atoms with Gasteiger partial charge in [-0.3, -0.25) is 4.79 Å². The molecule has 0 heterocycles. The van der Waals surface area contributed by atoms with Gasteiger partial charge in [-0.05, 0) is 47.4 Å². The molecule has 8 nitrogen and oxygen atoms in total. The van der Waals surface area contributed by atoms with E-state index >= 15 is 0 Å². The molecule has 2 aromatic rings. The molecule has 0 atom stereocenters. The topological polar surface area (TPSA) is 111 Å². The Balaban J connectivity index is 1.82. The van der Waals surface area contributed by atoms with Crippen LogP contribution in [0, 0.1) is 0 Å². The summed E-state index contributed by atoms with van der Waals surface area (Å²) in [6, 6.07) is 13.1. The molecular weight excluding hydrogens is 420 g/mol. The lowest BCUT2D eigenvalue weighted by Crippen LogP contribution is -2.28. The van der Waals surface area contributed by atoms with Gasteiger partial charge in [0.25, 0.3) is 0 Å². The number of esters is 1. The van der Waals surface area contributed by atoms with E-state index in [9.17, 15) is 18.0 Å². The normalized spacial score (nSPS) is 11.6. The number of rotatable bonds is 9. The summed E-state index contributed by atoms with van der Waals surface area (Å²) in [4.78, 5) is 23.3. The number of hydrogen-bond donors (Lipinski definition) is 2. The Morgan fingerprint density at radius 3 is 2.13 bits per heavy atom. The van der Waals surface area contributed by atoms with Gasteiger partial charge in [0.1, 0.15) is 5.75 Å². The van der Waals surface area contributed by atoms with E-state index in [2.05, 4.69) is 35.5 Å². The van der Waals surface area contributed by atoms with Crippen molar-refractivity contribution >= 4 is 27.6 Å². The first kappa shape index (κ1) is 24.4. The van der Waals surface area contributed by atoms with Crippen LogP contribution in [0.25, 0.3) is 0 Å². The molecule has 0 aromatic heterocycles. The Morgan fingerprint density at radius 2 is 1.58 bits per heavy atom. The monoisotopic (exact) mass is 448 g/mol. The molecule has 0 aliphatic rings. The van der Waals surface area contributed by atoms with E-state index in [4.69, 9.17) is 4.74 Å². The summed E-state index contributed by atoms with van der Waals surface area (Å²) in [5.41, 5.74) is 1.49. The van der Waals surface area contributed by atoms with E-state index in [1.54, 1.807) is 48.5 Å². The van der Waals surface area contributed by atoms with E-state index in [0.717, 1.165) is 5.56 Å². The van der Waals surface area contributed by atoms with Gasteiger partial charge >= 0.3 is 5.97 Å². The van der Waals surface area contributed by atoms with Crippen molar-refractivity contribution in [3.05, 3.63) is 54.1 Å². The molecule has 31 heavy (non-hydrogen) atoms. The highest BCUT2D eigenvalue weighted by Crippen LogP contribution is 2.23. The van der Waals surface area contributed by atoms with E-state index in [1.165, 1.54) is 7.11 Å². The number of amides is 1. The number of methoxy groups -OCH3 is 1. The van der Waals surface area contributed by atoms with Crippen LogP contribution >= 0.6 is 0 Å². The van der Waals surface area contributed by atoms with E-state index in [1.807, 2.05) is 0 Å². The second-order valence-electron chi connectivity index (χ2n) is 7.86. The van der Waals surface area contributed by atoms with Gasteiger partial charge in [-0.2, -0.15) is 0 Å². The molecule has 0 saturated heterocycles. The molecule has 2 aromatic carbocycles. The average Bonchev–Trinajstić information content (AvgIpc) is 2.72. The lowest BCUT2D eigenvalue weighted by molar-refractivity contribution is -0.142. The van der Waals surface area contributed by atoms with Gasteiger partial charge in [-0.1, -0.05) is 32.9 Å². The molecule has 0 bridgehead atoms. The maximum Gasteiger partial charge on any atom is 0.343 e. The van der Waals surface area contributed by atoms with Crippen molar-refractivity contribution < 1.29 is 27.5 Å². The molecule has 9 heteroatoms. The lowest BCUT2D eigenvalue weighted by atomic mass is 9.87. The summed E-state index contributed by atoms with van der Waals surface area (Å²) < 4.78 is 37.0. The second kappa shape index (κ2) is 10.4. The Labute approximate surface area is 183 Å². The number of hydrogen-bond acceptors (Lipinski definition) is 6. The summed E-state index contributed by atoms with van der Waals surface area (Å²) in [5, 5.41) is 2.67. The second-order valence-corrected chi connectivity index (χ2v) is 9.63. The Bertz CT molecular complexity index is 994. The predicted octanol–water partition coefficient (Wildman–Crippen LogP) is 2.84. The molecule has 0 aliphatic carbocycles. The van der Waals surface area contributed by atoms with Gasteiger partial charge in [0, 0.05) is 18.7 Å². The van der Waals surface area contributed by atoms with Gasteiger partial charge in [-0.15, -0.1) is 0 Å². The van der Waals surface area contributed by atoms with Crippen LogP contribution in [0.5, 0.6) is 5.75 Å². The molecule has 0 unspecified atom stereocenters. The van der Waals surface area contributed by atoms with Crippen molar-refractivity contribution in [2.45, 2.75) is 37.5 Å². The molecule has 0 spiro atoms. The molecule has 2 rings (SSSR count). The highest BCUT2D eigenvalue weighted by Gasteiger charge is 2.17. The highest BCUT2D eigenvalue weighted by molar-refractivity contribution is 7.89. The molecule has 0 saturated carbocycles. The highest BCUT2D eigenvalue weighted by atomic mass is 32.2. The number of benzene rings is 2. The summed E-state index contributed by atoms with van der Waals surface area (Å²) in [6.07, 6.45) is -0.0279. The van der Waals surface area contributed by atoms with E-state index in [-0.39, 0.29) is 35.8 Å². The van der Waals surface area contributed by atoms with Crippen LogP contribution in [-0.2, 0) is 29.8 Å². The molecule has 2 N–H and O–H groups in total. The van der Waals surface area contributed by atoms with Crippen LogP contribution in [0.2, 0.25) is 0 Å². The summed E-state index contributed by atoms with van der Waals surface area (Å²) >= 11 is 0. The van der Waals surface area contributed by atoms with Gasteiger partial charge in [0.15, 0.2) is 6.61 Å². The zero-order valence-electron chi connectivity index (χ0n) is 18.1. The summed E-state index contributed by atoms with van der Waals surface area (Å²) in [6.45, 7) is 5.92.